The van der Waals surface area contributed by atoms with Crippen molar-refractivity contribution in [3.8, 4) is 17.6 Å². The van der Waals surface area contributed by atoms with E-state index in [1.165, 1.54) is 43.5 Å². The molecule has 0 atom stereocenters. The lowest BCUT2D eigenvalue weighted by atomic mass is 10.1. The summed E-state index contributed by atoms with van der Waals surface area (Å²) in [6.45, 7) is 1.42. The van der Waals surface area contributed by atoms with Crippen LogP contribution < -0.4 is 14.8 Å². The molecule has 0 aliphatic rings. The number of nitrogens with zero attached hydrogens (tertiary/aromatic N) is 1. The fourth-order valence-corrected chi connectivity index (χ4v) is 3.30. The van der Waals surface area contributed by atoms with Gasteiger partial charge in [0.2, 0.25) is 0 Å². The first-order valence-electron chi connectivity index (χ1n) is 9.21. The molecule has 0 aliphatic carbocycles. The molecule has 0 unspecified atom stereocenters. The van der Waals surface area contributed by atoms with E-state index in [2.05, 4.69) is 5.32 Å². The van der Waals surface area contributed by atoms with Gasteiger partial charge in [-0.05, 0) is 77.6 Å². The molecule has 0 saturated heterocycles. The number of esters is 1. The van der Waals surface area contributed by atoms with E-state index in [0.29, 0.717) is 20.4 Å². The van der Waals surface area contributed by atoms with Crippen LogP contribution in [0.5, 0.6) is 11.5 Å². The van der Waals surface area contributed by atoms with E-state index in [4.69, 9.17) is 19.3 Å². The highest BCUT2D eigenvalue weighted by molar-refractivity contribution is 14.1. The summed E-state index contributed by atoms with van der Waals surface area (Å²) in [4.78, 5) is 35.0. The number of amides is 1. The molecule has 9 nitrogen and oxygen atoms in total. The SMILES string of the molecule is CCOC(=O)c1ccc(NC(=O)/C(C#N)=C/c2cc(I)c(OCC(=O)O)c(OC)c2)cc1. The molecule has 0 fully saturated rings. The van der Waals surface area contributed by atoms with Crippen LogP contribution in [0.15, 0.2) is 42.0 Å². The number of methoxy groups -OCH3 is 1. The quantitative estimate of drug-likeness (QED) is 0.210. The Morgan fingerprint density at radius 2 is 1.91 bits per heavy atom. The van der Waals surface area contributed by atoms with Crippen LogP contribution in [0.2, 0.25) is 0 Å². The van der Waals surface area contributed by atoms with E-state index in [1.54, 1.807) is 13.0 Å². The van der Waals surface area contributed by atoms with Crippen molar-refractivity contribution < 1.29 is 33.7 Å². The van der Waals surface area contributed by atoms with E-state index in [9.17, 15) is 19.6 Å². The van der Waals surface area contributed by atoms with Gasteiger partial charge in [0.05, 0.1) is 22.9 Å². The molecule has 1 amide bonds. The minimum absolute atomic E-state index is 0.170. The van der Waals surface area contributed by atoms with Gasteiger partial charge in [-0.3, -0.25) is 4.79 Å². The van der Waals surface area contributed by atoms with Crippen molar-refractivity contribution in [2.24, 2.45) is 0 Å². The fourth-order valence-electron chi connectivity index (χ4n) is 2.51. The minimum Gasteiger partial charge on any atom is -0.493 e. The molecule has 0 aliphatic heterocycles. The van der Waals surface area contributed by atoms with Gasteiger partial charge in [-0.25, -0.2) is 9.59 Å². The normalized spacial score (nSPS) is 10.6. The van der Waals surface area contributed by atoms with Crippen LogP contribution in [-0.2, 0) is 14.3 Å². The van der Waals surface area contributed by atoms with Crippen molar-refractivity contribution in [3.63, 3.8) is 0 Å². The number of carboxylic acids is 1. The number of carbonyl (C=O) groups is 3. The van der Waals surface area contributed by atoms with E-state index in [0.717, 1.165) is 0 Å². The zero-order valence-corrected chi connectivity index (χ0v) is 19.3. The Morgan fingerprint density at radius 1 is 1.22 bits per heavy atom. The summed E-state index contributed by atoms with van der Waals surface area (Å²) in [5.74, 6) is -1.74. The van der Waals surface area contributed by atoms with Gasteiger partial charge in [-0.1, -0.05) is 0 Å². The number of hydrogen-bond acceptors (Lipinski definition) is 7. The maximum Gasteiger partial charge on any atom is 0.341 e. The molecule has 0 radical (unpaired) electrons. The zero-order valence-electron chi connectivity index (χ0n) is 17.2. The highest BCUT2D eigenvalue weighted by atomic mass is 127. The summed E-state index contributed by atoms with van der Waals surface area (Å²) in [5.41, 5.74) is 1.05. The van der Waals surface area contributed by atoms with Crippen LogP contribution in [0.25, 0.3) is 6.08 Å². The van der Waals surface area contributed by atoms with Crippen LogP contribution in [-0.4, -0.2) is 43.3 Å². The lowest BCUT2D eigenvalue weighted by molar-refractivity contribution is -0.139. The molecule has 0 bridgehead atoms. The van der Waals surface area contributed by atoms with Crippen molar-refractivity contribution in [2.45, 2.75) is 6.92 Å². The highest BCUT2D eigenvalue weighted by Gasteiger charge is 2.15. The Balaban J connectivity index is 2.22. The van der Waals surface area contributed by atoms with Gasteiger partial charge in [-0.15, -0.1) is 0 Å². The smallest absolute Gasteiger partial charge is 0.341 e. The molecule has 2 aromatic carbocycles. The summed E-state index contributed by atoms with van der Waals surface area (Å²) in [6.07, 6.45) is 1.37. The predicted molar refractivity (Wildman–Crippen MR) is 123 cm³/mol. The van der Waals surface area contributed by atoms with Crippen LogP contribution in [0.4, 0.5) is 5.69 Å². The highest BCUT2D eigenvalue weighted by Crippen LogP contribution is 2.34. The molecule has 10 heteroatoms. The van der Waals surface area contributed by atoms with Gasteiger partial charge in [0.1, 0.15) is 11.6 Å². The Kier molecular flexibility index (Phi) is 9.03. The maximum atomic E-state index is 12.5. The number of anilines is 1. The van der Waals surface area contributed by atoms with Gasteiger partial charge in [-0.2, -0.15) is 5.26 Å². The molecule has 2 rings (SSSR count). The Hall–Kier alpha value is -3.59. The minimum atomic E-state index is -1.13. The molecule has 0 heterocycles. The fraction of sp³-hybridized carbons (Fsp3) is 0.182. The molecular formula is C22H19IN2O7. The Morgan fingerprint density at radius 3 is 2.47 bits per heavy atom. The molecule has 0 saturated carbocycles. The van der Waals surface area contributed by atoms with Crippen LogP contribution in [0, 0.1) is 14.9 Å². The Labute approximate surface area is 197 Å². The monoisotopic (exact) mass is 550 g/mol. The number of nitrogens with one attached hydrogen (secondary N) is 1. The van der Waals surface area contributed by atoms with E-state index < -0.39 is 24.5 Å². The Bertz CT molecular complexity index is 1090. The molecular weight excluding hydrogens is 531 g/mol. The number of nitriles is 1. The second-order valence-electron chi connectivity index (χ2n) is 6.14. The van der Waals surface area contributed by atoms with Gasteiger partial charge in [0.15, 0.2) is 18.1 Å². The van der Waals surface area contributed by atoms with Crippen molar-refractivity contribution in [3.05, 3.63) is 56.7 Å². The zero-order chi connectivity index (χ0) is 23.7. The second kappa shape index (κ2) is 11.7. The average Bonchev–Trinajstić information content (AvgIpc) is 2.76. The second-order valence-corrected chi connectivity index (χ2v) is 7.30. The standard InChI is InChI=1S/C22H19IN2O7/c1-3-31-22(29)14-4-6-16(7-5-14)25-21(28)15(11-24)8-13-9-17(23)20(18(10-13)30-2)32-12-19(26)27/h4-10H,3,12H2,1-2H3,(H,25,28)(H,26,27)/b15-8+. The van der Waals surface area contributed by atoms with E-state index in [1.807, 2.05) is 28.7 Å². The molecule has 0 spiro atoms. The summed E-state index contributed by atoms with van der Waals surface area (Å²) < 4.78 is 15.9. The summed E-state index contributed by atoms with van der Waals surface area (Å²) in [7, 11) is 1.39. The lowest BCUT2D eigenvalue weighted by Gasteiger charge is -2.12. The first-order valence-corrected chi connectivity index (χ1v) is 10.3. The summed E-state index contributed by atoms with van der Waals surface area (Å²) >= 11 is 1.94. The first-order chi connectivity index (χ1) is 15.3. The number of ether oxygens (including phenoxy) is 3. The van der Waals surface area contributed by atoms with Gasteiger partial charge < -0.3 is 24.6 Å². The molecule has 2 N–H and O–H groups in total. The number of halogens is 1. The van der Waals surface area contributed by atoms with Crippen LogP contribution >= 0.6 is 22.6 Å². The topological polar surface area (TPSA) is 135 Å². The largest absolute Gasteiger partial charge is 0.493 e. The summed E-state index contributed by atoms with van der Waals surface area (Å²) in [5, 5.41) is 20.8. The third-order valence-electron chi connectivity index (χ3n) is 3.92. The number of rotatable bonds is 9. The molecule has 166 valence electrons. The van der Waals surface area contributed by atoms with Crippen molar-refractivity contribution in [1.82, 2.24) is 0 Å². The molecule has 2 aromatic rings. The van der Waals surface area contributed by atoms with Crippen molar-refractivity contribution in [1.29, 1.82) is 5.26 Å². The number of aliphatic carboxylic acids is 1. The van der Waals surface area contributed by atoms with E-state index >= 15 is 0 Å². The molecule has 32 heavy (non-hydrogen) atoms. The predicted octanol–water partition coefficient (Wildman–Crippen LogP) is 3.49. The third kappa shape index (κ3) is 6.71. The van der Waals surface area contributed by atoms with Crippen molar-refractivity contribution in [2.75, 3.05) is 25.6 Å². The first kappa shape index (κ1) is 24.7. The number of carbonyl (C=O) groups excluding carboxylic acids is 2. The number of hydrogen-bond donors (Lipinski definition) is 2. The maximum absolute atomic E-state index is 12.5. The number of carboxylic acid groups (broad SMARTS) is 1. The van der Waals surface area contributed by atoms with Gasteiger partial charge in [0, 0.05) is 5.69 Å². The molecule has 0 aromatic heterocycles. The lowest BCUT2D eigenvalue weighted by Crippen LogP contribution is -2.14. The number of benzene rings is 2. The van der Waals surface area contributed by atoms with Crippen LogP contribution in [0.3, 0.4) is 0 Å². The third-order valence-corrected chi connectivity index (χ3v) is 4.72. The van der Waals surface area contributed by atoms with E-state index in [-0.39, 0.29) is 23.7 Å². The van der Waals surface area contributed by atoms with Gasteiger partial charge >= 0.3 is 11.9 Å². The van der Waals surface area contributed by atoms with Gasteiger partial charge in [0.25, 0.3) is 5.91 Å². The van der Waals surface area contributed by atoms with Crippen molar-refractivity contribution >= 4 is 52.2 Å². The summed E-state index contributed by atoms with van der Waals surface area (Å²) in [6, 6.07) is 11.1. The average molecular weight is 550 g/mol. The van der Waals surface area contributed by atoms with Crippen LogP contribution in [0.1, 0.15) is 22.8 Å².